The molecular formula is C21H25NO3. The molecule has 0 aliphatic rings. The van der Waals surface area contributed by atoms with Crippen LogP contribution in [0.15, 0.2) is 48.5 Å². The summed E-state index contributed by atoms with van der Waals surface area (Å²) in [6.45, 7) is 10.0. The third kappa shape index (κ3) is 5.18. The van der Waals surface area contributed by atoms with Crippen molar-refractivity contribution in [2.24, 2.45) is 0 Å². The number of carbonyl (C=O) groups excluding carboxylic acids is 2. The molecule has 132 valence electrons. The second-order valence-corrected chi connectivity index (χ2v) is 7.31. The van der Waals surface area contributed by atoms with E-state index < -0.39 is 0 Å². The topological polar surface area (TPSA) is 55.4 Å². The van der Waals surface area contributed by atoms with Crippen molar-refractivity contribution in [3.63, 3.8) is 0 Å². The molecule has 25 heavy (non-hydrogen) atoms. The maximum atomic E-state index is 12.3. The van der Waals surface area contributed by atoms with Crippen molar-refractivity contribution in [3.8, 4) is 0 Å². The number of ether oxygens (including phenoxy) is 1. The van der Waals surface area contributed by atoms with E-state index in [0.717, 1.165) is 0 Å². The third-order valence-electron chi connectivity index (χ3n) is 3.73. The quantitative estimate of drug-likeness (QED) is 0.814. The monoisotopic (exact) mass is 339 g/mol. The molecule has 0 unspecified atom stereocenters. The van der Waals surface area contributed by atoms with E-state index in [0.29, 0.717) is 16.8 Å². The number of anilines is 1. The minimum Gasteiger partial charge on any atom is -0.459 e. The van der Waals surface area contributed by atoms with Crippen LogP contribution in [0.25, 0.3) is 0 Å². The standard InChI is InChI=1S/C21H25NO3/c1-14(2)25-20(24)16-8-12-18(13-9-16)22-19(23)15-6-10-17(11-7-15)21(3,4)5/h6-14H,1-5H3,(H,22,23). The van der Waals surface area contributed by atoms with Gasteiger partial charge in [-0.15, -0.1) is 0 Å². The van der Waals surface area contributed by atoms with E-state index in [-0.39, 0.29) is 23.4 Å². The van der Waals surface area contributed by atoms with Crippen LogP contribution < -0.4 is 5.32 Å². The lowest BCUT2D eigenvalue weighted by Gasteiger charge is -2.19. The van der Waals surface area contributed by atoms with Gasteiger partial charge in [0.25, 0.3) is 5.91 Å². The van der Waals surface area contributed by atoms with Gasteiger partial charge >= 0.3 is 5.97 Å². The molecule has 0 aliphatic heterocycles. The highest BCUT2D eigenvalue weighted by molar-refractivity contribution is 6.04. The summed E-state index contributed by atoms with van der Waals surface area (Å²) in [4.78, 5) is 24.1. The zero-order valence-corrected chi connectivity index (χ0v) is 15.4. The van der Waals surface area contributed by atoms with Crippen molar-refractivity contribution in [2.75, 3.05) is 5.32 Å². The lowest BCUT2D eigenvalue weighted by Crippen LogP contribution is -2.14. The number of hydrogen-bond donors (Lipinski definition) is 1. The van der Waals surface area contributed by atoms with E-state index in [9.17, 15) is 9.59 Å². The Labute approximate surface area is 149 Å². The first-order valence-electron chi connectivity index (χ1n) is 8.40. The second kappa shape index (κ2) is 7.51. The van der Waals surface area contributed by atoms with E-state index in [1.165, 1.54) is 5.56 Å². The molecule has 0 heterocycles. The molecule has 0 fully saturated rings. The van der Waals surface area contributed by atoms with Gasteiger partial charge in [-0.3, -0.25) is 4.79 Å². The normalized spacial score (nSPS) is 11.3. The number of carbonyl (C=O) groups is 2. The maximum Gasteiger partial charge on any atom is 0.338 e. The molecule has 0 bridgehead atoms. The minimum atomic E-state index is -0.370. The molecular weight excluding hydrogens is 314 g/mol. The number of nitrogens with one attached hydrogen (secondary N) is 1. The number of hydrogen-bond acceptors (Lipinski definition) is 3. The molecule has 0 aliphatic carbocycles. The Bertz CT molecular complexity index is 738. The Morgan fingerprint density at radius 2 is 1.40 bits per heavy atom. The molecule has 2 aromatic carbocycles. The van der Waals surface area contributed by atoms with Crippen LogP contribution in [-0.4, -0.2) is 18.0 Å². The van der Waals surface area contributed by atoms with Gasteiger partial charge in [0.05, 0.1) is 11.7 Å². The molecule has 1 N–H and O–H groups in total. The van der Waals surface area contributed by atoms with Gasteiger partial charge in [-0.05, 0) is 61.2 Å². The fourth-order valence-electron chi connectivity index (χ4n) is 2.30. The predicted molar refractivity (Wildman–Crippen MR) is 100 cm³/mol. The fourth-order valence-corrected chi connectivity index (χ4v) is 2.30. The summed E-state index contributed by atoms with van der Waals surface area (Å²) in [6.07, 6.45) is -0.164. The highest BCUT2D eigenvalue weighted by Gasteiger charge is 2.14. The second-order valence-electron chi connectivity index (χ2n) is 7.31. The van der Waals surface area contributed by atoms with Crippen molar-refractivity contribution in [3.05, 3.63) is 65.2 Å². The molecule has 4 heteroatoms. The maximum absolute atomic E-state index is 12.3. The first kappa shape index (κ1) is 18.7. The molecule has 0 aromatic heterocycles. The molecule has 0 saturated carbocycles. The van der Waals surface area contributed by atoms with E-state index in [2.05, 4.69) is 26.1 Å². The van der Waals surface area contributed by atoms with Gasteiger partial charge in [0.15, 0.2) is 0 Å². The van der Waals surface area contributed by atoms with Gasteiger partial charge in [0, 0.05) is 11.3 Å². The number of benzene rings is 2. The van der Waals surface area contributed by atoms with Gasteiger partial charge < -0.3 is 10.1 Å². The van der Waals surface area contributed by atoms with E-state index >= 15 is 0 Å². The third-order valence-corrected chi connectivity index (χ3v) is 3.73. The molecule has 0 saturated heterocycles. The Morgan fingerprint density at radius 3 is 1.88 bits per heavy atom. The average molecular weight is 339 g/mol. The lowest BCUT2D eigenvalue weighted by molar-refractivity contribution is 0.0378. The SMILES string of the molecule is CC(C)OC(=O)c1ccc(NC(=O)c2ccc(C(C)(C)C)cc2)cc1. The van der Waals surface area contributed by atoms with Crippen LogP contribution >= 0.6 is 0 Å². The van der Waals surface area contributed by atoms with Crippen molar-refractivity contribution >= 4 is 17.6 Å². The number of amides is 1. The van der Waals surface area contributed by atoms with Crippen LogP contribution in [0.4, 0.5) is 5.69 Å². The summed E-state index contributed by atoms with van der Waals surface area (Å²) in [5, 5.41) is 2.83. The molecule has 0 atom stereocenters. The molecule has 1 amide bonds. The van der Waals surface area contributed by atoms with Crippen molar-refractivity contribution < 1.29 is 14.3 Å². The van der Waals surface area contributed by atoms with Crippen LogP contribution in [0.3, 0.4) is 0 Å². The smallest absolute Gasteiger partial charge is 0.338 e. The zero-order chi connectivity index (χ0) is 18.6. The highest BCUT2D eigenvalue weighted by Crippen LogP contribution is 2.22. The summed E-state index contributed by atoms with van der Waals surface area (Å²) >= 11 is 0. The first-order valence-corrected chi connectivity index (χ1v) is 8.40. The zero-order valence-electron chi connectivity index (χ0n) is 15.4. The Morgan fingerprint density at radius 1 is 0.880 bits per heavy atom. The molecule has 2 aromatic rings. The van der Waals surface area contributed by atoms with E-state index in [1.54, 1.807) is 38.1 Å². The average Bonchev–Trinajstić information content (AvgIpc) is 2.54. The Kier molecular flexibility index (Phi) is 5.62. The molecule has 0 radical (unpaired) electrons. The van der Waals surface area contributed by atoms with Crippen molar-refractivity contribution in [2.45, 2.75) is 46.1 Å². The van der Waals surface area contributed by atoms with Crippen LogP contribution in [0.5, 0.6) is 0 Å². The Balaban J connectivity index is 2.04. The van der Waals surface area contributed by atoms with Crippen molar-refractivity contribution in [1.29, 1.82) is 0 Å². The van der Waals surface area contributed by atoms with Crippen LogP contribution in [0, 0.1) is 0 Å². The largest absolute Gasteiger partial charge is 0.459 e. The van der Waals surface area contributed by atoms with E-state index in [4.69, 9.17) is 4.74 Å². The van der Waals surface area contributed by atoms with Gasteiger partial charge in [-0.1, -0.05) is 32.9 Å². The predicted octanol–water partition coefficient (Wildman–Crippen LogP) is 4.80. The van der Waals surface area contributed by atoms with Crippen LogP contribution in [-0.2, 0) is 10.2 Å². The van der Waals surface area contributed by atoms with E-state index in [1.807, 2.05) is 24.3 Å². The number of rotatable bonds is 4. The Hall–Kier alpha value is -2.62. The van der Waals surface area contributed by atoms with Gasteiger partial charge in [-0.25, -0.2) is 4.79 Å². The molecule has 4 nitrogen and oxygen atoms in total. The highest BCUT2D eigenvalue weighted by atomic mass is 16.5. The van der Waals surface area contributed by atoms with Crippen LogP contribution in [0.1, 0.15) is 60.9 Å². The minimum absolute atomic E-state index is 0.0510. The molecule has 0 spiro atoms. The lowest BCUT2D eigenvalue weighted by atomic mass is 9.87. The summed E-state index contributed by atoms with van der Waals surface area (Å²) in [5.74, 6) is -0.552. The summed E-state index contributed by atoms with van der Waals surface area (Å²) in [5.41, 5.74) is 2.91. The van der Waals surface area contributed by atoms with Crippen molar-refractivity contribution in [1.82, 2.24) is 0 Å². The van der Waals surface area contributed by atoms with Crippen LogP contribution in [0.2, 0.25) is 0 Å². The fraction of sp³-hybridized carbons (Fsp3) is 0.333. The summed E-state index contributed by atoms with van der Waals surface area (Å²) in [7, 11) is 0. The summed E-state index contributed by atoms with van der Waals surface area (Å²) in [6, 6.07) is 14.3. The summed E-state index contributed by atoms with van der Waals surface area (Å²) < 4.78 is 5.14. The molecule has 2 rings (SSSR count). The van der Waals surface area contributed by atoms with Gasteiger partial charge in [0.1, 0.15) is 0 Å². The van der Waals surface area contributed by atoms with Gasteiger partial charge in [-0.2, -0.15) is 0 Å². The first-order chi connectivity index (χ1) is 11.7. The van der Waals surface area contributed by atoms with Gasteiger partial charge in [0.2, 0.25) is 0 Å². The number of esters is 1.